The Hall–Kier alpha value is -0.893. The first-order valence-electron chi connectivity index (χ1n) is 5.49. The molecule has 1 nitrogen and oxygen atoms in total. The van der Waals surface area contributed by atoms with Crippen molar-refractivity contribution in [3.63, 3.8) is 0 Å². The lowest BCUT2D eigenvalue weighted by Gasteiger charge is -2.18. The summed E-state index contributed by atoms with van der Waals surface area (Å²) in [6.07, 6.45) is 0.694. The average molecular weight is 220 g/mol. The van der Waals surface area contributed by atoms with Gasteiger partial charge in [-0.05, 0) is 11.5 Å². The lowest BCUT2D eigenvalue weighted by molar-refractivity contribution is -0.113. The van der Waals surface area contributed by atoms with Gasteiger partial charge in [0, 0.05) is 6.42 Å². The number of benzene rings is 1. The van der Waals surface area contributed by atoms with Crippen LogP contribution in [-0.2, 0) is 4.79 Å². The van der Waals surface area contributed by atoms with Crippen LogP contribution < -0.4 is 0 Å². The van der Waals surface area contributed by atoms with Gasteiger partial charge in [-0.2, -0.15) is 0 Å². The Balaban J connectivity index is 2.65. The van der Waals surface area contributed by atoms with E-state index >= 15 is 0 Å². The lowest BCUT2D eigenvalue weighted by atomic mass is 9.99. The van der Waals surface area contributed by atoms with E-state index in [1.54, 1.807) is 0 Å². The molecule has 0 saturated carbocycles. The second kappa shape index (κ2) is 4.75. The van der Waals surface area contributed by atoms with Crippen molar-refractivity contribution in [2.45, 2.75) is 38.9 Å². The molecule has 0 radical (unpaired) electrons. The smallest absolute Gasteiger partial charge is 0.123 e. The van der Waals surface area contributed by atoms with Gasteiger partial charge in [0.05, 0.1) is 0 Å². The number of rotatable bonds is 4. The molecule has 1 rings (SSSR count). The second-order valence-corrected chi connectivity index (χ2v) is 10.2. The fourth-order valence-electron chi connectivity index (χ4n) is 1.48. The summed E-state index contributed by atoms with van der Waals surface area (Å²) in [6, 6.07) is 10.3. The van der Waals surface area contributed by atoms with Gasteiger partial charge in [0.1, 0.15) is 13.5 Å². The van der Waals surface area contributed by atoms with Crippen LogP contribution in [0.1, 0.15) is 24.8 Å². The third kappa shape index (κ3) is 3.63. The van der Waals surface area contributed by atoms with Gasteiger partial charge >= 0.3 is 0 Å². The maximum atomic E-state index is 11.9. The lowest BCUT2D eigenvalue weighted by Crippen LogP contribution is -2.34. The third-order valence-corrected chi connectivity index (χ3v) is 4.57. The molecule has 0 aliphatic rings. The number of hydrogen-bond acceptors (Lipinski definition) is 1. The largest absolute Gasteiger partial charge is 0.305 e. The molecule has 0 amide bonds. The summed E-state index contributed by atoms with van der Waals surface area (Å²) in [4.78, 5) is 11.9. The minimum absolute atomic E-state index is 0.352. The molecule has 1 atom stereocenters. The molecule has 15 heavy (non-hydrogen) atoms. The molecule has 2 heteroatoms. The van der Waals surface area contributed by atoms with Crippen LogP contribution in [0, 0.1) is 0 Å². The zero-order chi connectivity index (χ0) is 11.5. The Labute approximate surface area is 93.5 Å². The highest BCUT2D eigenvalue weighted by Gasteiger charge is 2.25. The van der Waals surface area contributed by atoms with E-state index in [-0.39, 0.29) is 0 Å². The van der Waals surface area contributed by atoms with Crippen LogP contribution in [0.2, 0.25) is 19.6 Å². The van der Waals surface area contributed by atoms with E-state index in [1.165, 1.54) is 5.56 Å². The molecular weight excluding hydrogens is 200 g/mol. The Bertz CT molecular complexity index is 324. The maximum absolute atomic E-state index is 11.9. The maximum Gasteiger partial charge on any atom is 0.123 e. The second-order valence-electron chi connectivity index (χ2n) is 5.19. The topological polar surface area (TPSA) is 17.1 Å². The minimum atomic E-state index is -1.60. The summed E-state index contributed by atoms with van der Waals surface area (Å²) in [5.74, 6) is 0.352. The molecule has 1 unspecified atom stereocenters. The molecule has 1 aromatic rings. The first kappa shape index (κ1) is 12.2. The molecule has 0 heterocycles. The van der Waals surface area contributed by atoms with Gasteiger partial charge < -0.3 is 4.79 Å². The summed E-state index contributed by atoms with van der Waals surface area (Å²) in [5, 5.41) is 0.471. The summed E-state index contributed by atoms with van der Waals surface area (Å²) < 4.78 is 0. The molecule has 0 aromatic heterocycles. The van der Waals surface area contributed by atoms with Crippen LogP contribution in [0.15, 0.2) is 30.3 Å². The van der Waals surface area contributed by atoms with Crippen LogP contribution in [0.4, 0.5) is 0 Å². The van der Waals surface area contributed by atoms with Crippen molar-refractivity contribution in [1.29, 1.82) is 0 Å². The highest BCUT2D eigenvalue weighted by atomic mass is 28.3. The van der Waals surface area contributed by atoms with E-state index in [0.29, 0.717) is 17.7 Å². The highest BCUT2D eigenvalue weighted by Crippen LogP contribution is 2.21. The summed E-state index contributed by atoms with van der Waals surface area (Å²) in [5.41, 5.74) is 1.27. The van der Waals surface area contributed by atoms with Gasteiger partial charge in [0.25, 0.3) is 0 Å². The Morgan fingerprint density at radius 2 is 1.73 bits per heavy atom. The van der Waals surface area contributed by atoms with Crippen LogP contribution in [-0.4, -0.2) is 13.5 Å². The third-order valence-electron chi connectivity index (χ3n) is 2.70. The van der Waals surface area contributed by atoms with Crippen molar-refractivity contribution in [2.24, 2.45) is 0 Å². The molecular formula is C13H20OSi. The number of carbonyl (C=O) groups excluding carboxylic acids is 1. The minimum Gasteiger partial charge on any atom is -0.305 e. The molecule has 1 aromatic carbocycles. The van der Waals surface area contributed by atoms with Crippen LogP contribution in [0.25, 0.3) is 0 Å². The Morgan fingerprint density at radius 3 is 2.20 bits per heavy atom. The van der Waals surface area contributed by atoms with Gasteiger partial charge in [0.15, 0.2) is 0 Å². The number of hydrogen-bond donors (Lipinski definition) is 0. The van der Waals surface area contributed by atoms with Crippen molar-refractivity contribution < 1.29 is 4.79 Å². The van der Waals surface area contributed by atoms with E-state index in [4.69, 9.17) is 0 Å². The first-order chi connectivity index (χ1) is 6.91. The molecule has 0 saturated heterocycles. The van der Waals surface area contributed by atoms with Gasteiger partial charge in [-0.15, -0.1) is 0 Å². The monoisotopic (exact) mass is 220 g/mol. The van der Waals surface area contributed by atoms with Crippen molar-refractivity contribution in [2.75, 3.05) is 0 Å². The van der Waals surface area contributed by atoms with E-state index in [1.807, 2.05) is 18.2 Å². The molecule has 0 bridgehead atoms. The van der Waals surface area contributed by atoms with Crippen LogP contribution >= 0.6 is 0 Å². The van der Waals surface area contributed by atoms with Crippen molar-refractivity contribution >= 4 is 13.5 Å². The molecule has 0 fully saturated rings. The predicted octanol–water partition coefficient (Wildman–Crippen LogP) is 3.63. The van der Waals surface area contributed by atoms with Gasteiger partial charge in [-0.25, -0.2) is 0 Å². The van der Waals surface area contributed by atoms with E-state index in [0.717, 1.165) is 0 Å². The number of carbonyl (C=O) groups is 1. The molecule has 0 aliphatic carbocycles. The van der Waals surface area contributed by atoms with Gasteiger partial charge in [-0.3, -0.25) is 0 Å². The molecule has 0 spiro atoms. The molecule has 0 N–H and O–H groups in total. The van der Waals surface area contributed by atoms with Gasteiger partial charge in [0.2, 0.25) is 0 Å². The van der Waals surface area contributed by atoms with Gasteiger partial charge in [-0.1, -0.05) is 56.9 Å². The fraction of sp³-hybridized carbons (Fsp3) is 0.462. The zero-order valence-electron chi connectivity index (χ0n) is 10.1. The SMILES string of the molecule is CC(CC(=O)[Si](C)(C)C)c1ccccc1. The van der Waals surface area contributed by atoms with E-state index in [9.17, 15) is 4.79 Å². The molecule has 0 aliphatic heterocycles. The van der Waals surface area contributed by atoms with E-state index < -0.39 is 8.07 Å². The van der Waals surface area contributed by atoms with Crippen molar-refractivity contribution in [1.82, 2.24) is 0 Å². The first-order valence-corrected chi connectivity index (χ1v) is 8.99. The zero-order valence-corrected chi connectivity index (χ0v) is 11.1. The van der Waals surface area contributed by atoms with Crippen molar-refractivity contribution in [3.05, 3.63) is 35.9 Å². The Morgan fingerprint density at radius 1 is 1.20 bits per heavy atom. The van der Waals surface area contributed by atoms with Crippen molar-refractivity contribution in [3.8, 4) is 0 Å². The van der Waals surface area contributed by atoms with Crippen LogP contribution in [0.5, 0.6) is 0 Å². The molecule has 82 valence electrons. The Kier molecular flexibility index (Phi) is 3.86. The standard InChI is InChI=1S/C13H20OSi/c1-11(10-13(14)15(2,3)4)12-8-6-5-7-9-12/h5-9,11H,10H2,1-4H3. The van der Waals surface area contributed by atoms with E-state index in [2.05, 4.69) is 38.7 Å². The fourth-order valence-corrected chi connectivity index (χ4v) is 2.40. The summed E-state index contributed by atoms with van der Waals surface area (Å²) in [7, 11) is -1.60. The van der Waals surface area contributed by atoms with Crippen LogP contribution in [0.3, 0.4) is 0 Å². The average Bonchev–Trinajstić information content (AvgIpc) is 2.17. The summed E-state index contributed by atoms with van der Waals surface area (Å²) >= 11 is 0. The normalized spacial score (nSPS) is 13.6. The quantitative estimate of drug-likeness (QED) is 0.708. The predicted molar refractivity (Wildman–Crippen MR) is 67.8 cm³/mol. The highest BCUT2D eigenvalue weighted by molar-refractivity contribution is 7.03. The summed E-state index contributed by atoms with van der Waals surface area (Å²) in [6.45, 7) is 8.49.